The van der Waals surface area contributed by atoms with Gasteiger partial charge >= 0.3 is 11.9 Å². The maximum Gasteiger partial charge on any atom is 0.339 e. The second kappa shape index (κ2) is 6.38. The molecule has 5 heteroatoms. The third-order valence-electron chi connectivity index (χ3n) is 3.35. The van der Waals surface area contributed by atoms with Crippen molar-refractivity contribution in [2.45, 2.75) is 32.9 Å². The van der Waals surface area contributed by atoms with Gasteiger partial charge in [-0.3, -0.25) is 0 Å². The van der Waals surface area contributed by atoms with E-state index in [1.54, 1.807) is 51.1 Å². The van der Waals surface area contributed by atoms with E-state index < -0.39 is 17.5 Å². The highest BCUT2D eigenvalue weighted by Crippen LogP contribution is 2.28. The molecular weight excluding hydrogens is 294 g/mol. The molecule has 0 aliphatic rings. The third kappa shape index (κ3) is 3.51. The summed E-state index contributed by atoms with van der Waals surface area (Å²) in [7, 11) is 1.32. The van der Waals surface area contributed by atoms with Crippen LogP contribution in [0.5, 0.6) is 0 Å². The van der Waals surface area contributed by atoms with Crippen LogP contribution in [0.4, 0.5) is 0 Å². The molecule has 0 spiro atoms. The topological polar surface area (TPSA) is 78.6 Å². The first kappa shape index (κ1) is 17.0. The second-order valence-corrected chi connectivity index (χ2v) is 6.20. The average Bonchev–Trinajstić information content (AvgIpc) is 2.50. The van der Waals surface area contributed by atoms with Crippen LogP contribution in [0.15, 0.2) is 30.3 Å². The van der Waals surface area contributed by atoms with Gasteiger partial charge < -0.3 is 15.2 Å². The SMILES string of the molecule is COC(=O)c1c(CN)cc(C(=O)OC(C)(C)C)c2ccccc12. The van der Waals surface area contributed by atoms with Crippen LogP contribution in [0.2, 0.25) is 0 Å². The van der Waals surface area contributed by atoms with E-state index in [1.807, 2.05) is 0 Å². The van der Waals surface area contributed by atoms with E-state index in [-0.39, 0.29) is 6.54 Å². The molecular formula is C18H21NO4. The summed E-state index contributed by atoms with van der Waals surface area (Å²) in [4.78, 5) is 24.6. The Labute approximate surface area is 135 Å². The third-order valence-corrected chi connectivity index (χ3v) is 3.35. The molecule has 0 aromatic heterocycles. The lowest BCUT2D eigenvalue weighted by molar-refractivity contribution is 0.00713. The molecule has 23 heavy (non-hydrogen) atoms. The lowest BCUT2D eigenvalue weighted by atomic mass is 9.94. The van der Waals surface area contributed by atoms with Crippen molar-refractivity contribution < 1.29 is 19.1 Å². The van der Waals surface area contributed by atoms with Gasteiger partial charge in [0.05, 0.1) is 18.2 Å². The van der Waals surface area contributed by atoms with Gasteiger partial charge in [0, 0.05) is 6.54 Å². The Bertz CT molecular complexity index is 759. The molecule has 0 aliphatic carbocycles. The number of carbonyl (C=O) groups excluding carboxylic acids is 2. The van der Waals surface area contributed by atoms with Crippen molar-refractivity contribution in [1.29, 1.82) is 0 Å². The molecule has 0 bridgehead atoms. The van der Waals surface area contributed by atoms with E-state index in [0.717, 1.165) is 0 Å². The summed E-state index contributed by atoms with van der Waals surface area (Å²) in [5, 5.41) is 1.27. The van der Waals surface area contributed by atoms with E-state index in [2.05, 4.69) is 0 Å². The van der Waals surface area contributed by atoms with E-state index >= 15 is 0 Å². The van der Waals surface area contributed by atoms with Crippen LogP contribution in [-0.4, -0.2) is 24.6 Å². The van der Waals surface area contributed by atoms with Crippen LogP contribution >= 0.6 is 0 Å². The van der Waals surface area contributed by atoms with E-state index in [9.17, 15) is 9.59 Å². The highest BCUT2D eigenvalue weighted by Gasteiger charge is 2.24. The van der Waals surface area contributed by atoms with E-state index in [0.29, 0.717) is 27.5 Å². The summed E-state index contributed by atoms with van der Waals surface area (Å²) in [6, 6.07) is 8.77. The van der Waals surface area contributed by atoms with Gasteiger partial charge in [0.1, 0.15) is 5.60 Å². The van der Waals surface area contributed by atoms with Gasteiger partial charge in [0.2, 0.25) is 0 Å². The van der Waals surface area contributed by atoms with Crippen molar-refractivity contribution in [1.82, 2.24) is 0 Å². The zero-order chi connectivity index (χ0) is 17.2. The minimum Gasteiger partial charge on any atom is -0.465 e. The molecule has 5 nitrogen and oxygen atoms in total. The molecule has 0 unspecified atom stereocenters. The van der Waals surface area contributed by atoms with Crippen LogP contribution in [0.25, 0.3) is 10.8 Å². The summed E-state index contributed by atoms with van der Waals surface area (Å²) in [6.07, 6.45) is 0. The number of hydrogen-bond acceptors (Lipinski definition) is 5. The Morgan fingerprint density at radius 3 is 2.22 bits per heavy atom. The van der Waals surface area contributed by atoms with Gasteiger partial charge in [-0.25, -0.2) is 9.59 Å². The molecule has 0 atom stereocenters. The predicted octanol–water partition coefficient (Wildman–Crippen LogP) is 3.04. The van der Waals surface area contributed by atoms with Gasteiger partial charge in [-0.2, -0.15) is 0 Å². The molecule has 0 saturated carbocycles. The molecule has 2 rings (SSSR count). The molecule has 0 saturated heterocycles. The quantitative estimate of drug-likeness (QED) is 0.881. The number of hydrogen-bond donors (Lipinski definition) is 1. The number of carbonyl (C=O) groups is 2. The van der Waals surface area contributed by atoms with E-state index in [1.165, 1.54) is 7.11 Å². The Morgan fingerprint density at radius 2 is 1.70 bits per heavy atom. The maximum absolute atomic E-state index is 12.5. The lowest BCUT2D eigenvalue weighted by Gasteiger charge is -2.21. The van der Waals surface area contributed by atoms with Crippen molar-refractivity contribution in [2.24, 2.45) is 5.73 Å². The zero-order valence-electron chi connectivity index (χ0n) is 13.8. The average molecular weight is 315 g/mol. The van der Waals surface area contributed by atoms with Crippen LogP contribution in [0.3, 0.4) is 0 Å². The Hall–Kier alpha value is -2.40. The minimum absolute atomic E-state index is 0.116. The molecule has 0 radical (unpaired) electrons. The summed E-state index contributed by atoms with van der Waals surface area (Å²) in [5.41, 5.74) is 6.49. The lowest BCUT2D eigenvalue weighted by Crippen LogP contribution is -2.24. The van der Waals surface area contributed by atoms with Crippen molar-refractivity contribution in [2.75, 3.05) is 7.11 Å². The number of rotatable bonds is 3. The molecule has 0 fully saturated rings. The van der Waals surface area contributed by atoms with Gasteiger partial charge in [-0.1, -0.05) is 24.3 Å². The number of methoxy groups -OCH3 is 1. The molecule has 122 valence electrons. The molecule has 0 heterocycles. The number of esters is 2. The molecule has 2 aromatic rings. The summed E-state index contributed by atoms with van der Waals surface area (Å²) in [6.45, 7) is 5.53. The Kier molecular flexibility index (Phi) is 4.71. The van der Waals surface area contributed by atoms with Crippen molar-refractivity contribution in [3.8, 4) is 0 Å². The fourth-order valence-corrected chi connectivity index (χ4v) is 2.44. The number of benzene rings is 2. The highest BCUT2D eigenvalue weighted by molar-refractivity contribution is 6.12. The van der Waals surface area contributed by atoms with Crippen molar-refractivity contribution in [3.63, 3.8) is 0 Å². The standard InChI is InChI=1S/C18H21NO4/c1-18(2,3)23-16(20)14-9-11(10-19)15(17(21)22-4)13-8-6-5-7-12(13)14/h5-9H,10,19H2,1-4H3. The molecule has 2 aromatic carbocycles. The molecule has 2 N–H and O–H groups in total. The minimum atomic E-state index is -0.609. The van der Waals surface area contributed by atoms with Gasteiger partial charge in [-0.15, -0.1) is 0 Å². The van der Waals surface area contributed by atoms with Gasteiger partial charge in [0.25, 0.3) is 0 Å². The summed E-state index contributed by atoms with van der Waals surface area (Å²) >= 11 is 0. The first-order valence-corrected chi connectivity index (χ1v) is 7.35. The van der Waals surface area contributed by atoms with Crippen LogP contribution in [0, 0.1) is 0 Å². The molecule has 0 amide bonds. The van der Waals surface area contributed by atoms with Crippen molar-refractivity contribution in [3.05, 3.63) is 47.0 Å². The summed E-state index contributed by atoms with van der Waals surface area (Å²) < 4.78 is 10.3. The maximum atomic E-state index is 12.5. The van der Waals surface area contributed by atoms with E-state index in [4.69, 9.17) is 15.2 Å². The Balaban J connectivity index is 2.73. The normalized spacial score (nSPS) is 11.3. The van der Waals surface area contributed by atoms with Gasteiger partial charge in [-0.05, 0) is 43.2 Å². The predicted molar refractivity (Wildman–Crippen MR) is 88.3 cm³/mol. The molecule has 0 aliphatic heterocycles. The largest absolute Gasteiger partial charge is 0.465 e. The van der Waals surface area contributed by atoms with Crippen molar-refractivity contribution >= 4 is 22.7 Å². The fraction of sp³-hybridized carbons (Fsp3) is 0.333. The number of nitrogens with two attached hydrogens (primary N) is 1. The van der Waals surface area contributed by atoms with Crippen LogP contribution in [0.1, 0.15) is 47.1 Å². The first-order valence-electron chi connectivity index (χ1n) is 7.35. The number of fused-ring (bicyclic) bond motifs is 1. The van der Waals surface area contributed by atoms with Gasteiger partial charge in [0.15, 0.2) is 0 Å². The van der Waals surface area contributed by atoms with Crippen LogP contribution < -0.4 is 5.73 Å². The fourth-order valence-electron chi connectivity index (χ4n) is 2.44. The second-order valence-electron chi connectivity index (χ2n) is 6.20. The Morgan fingerprint density at radius 1 is 1.09 bits per heavy atom. The highest BCUT2D eigenvalue weighted by atomic mass is 16.6. The van der Waals surface area contributed by atoms with Crippen LogP contribution in [-0.2, 0) is 16.0 Å². The first-order chi connectivity index (χ1) is 10.8. The monoisotopic (exact) mass is 315 g/mol. The zero-order valence-corrected chi connectivity index (χ0v) is 13.8. The smallest absolute Gasteiger partial charge is 0.339 e. The number of ether oxygens (including phenoxy) is 2. The summed E-state index contributed by atoms with van der Waals surface area (Å²) in [5.74, 6) is -0.919.